The van der Waals surface area contributed by atoms with Crippen LogP contribution in [0.4, 0.5) is 10.9 Å². The quantitative estimate of drug-likeness (QED) is 0.776. The van der Waals surface area contributed by atoms with Crippen LogP contribution in [0.3, 0.4) is 0 Å². The number of carbonyl (C=O) groups excluding carboxylic acids is 1. The first kappa shape index (κ1) is 14.0. The minimum atomic E-state index is -0.0814. The Morgan fingerprint density at radius 3 is 2.75 bits per heavy atom. The van der Waals surface area contributed by atoms with Crippen molar-refractivity contribution < 1.29 is 4.79 Å². The molecule has 0 unspecified atom stereocenters. The highest BCUT2D eigenvalue weighted by Gasteiger charge is 2.24. The summed E-state index contributed by atoms with van der Waals surface area (Å²) in [5.41, 5.74) is 5.84. The van der Waals surface area contributed by atoms with Crippen LogP contribution < -0.4 is 16.4 Å². The van der Waals surface area contributed by atoms with Crippen LogP contribution in [0.2, 0.25) is 0 Å². The molecular weight excluding hydrogens is 292 g/mol. The number of rotatable bonds is 5. The Morgan fingerprint density at radius 2 is 2.05 bits per heavy atom. The van der Waals surface area contributed by atoms with E-state index in [1.165, 1.54) is 48.5 Å². The maximum atomic E-state index is 12.2. The van der Waals surface area contributed by atoms with E-state index in [1.807, 2.05) is 11.8 Å². The highest BCUT2D eigenvalue weighted by atomic mass is 32.2. The van der Waals surface area contributed by atoms with Gasteiger partial charge in [0.15, 0.2) is 5.13 Å². The topological polar surface area (TPSA) is 80.0 Å². The van der Waals surface area contributed by atoms with Crippen LogP contribution in [0.25, 0.3) is 0 Å². The largest absolute Gasteiger partial charge is 0.382 e. The highest BCUT2D eigenvalue weighted by molar-refractivity contribution is 7.99. The van der Waals surface area contributed by atoms with Crippen molar-refractivity contribution in [2.45, 2.75) is 31.7 Å². The number of hydrogen-bond acceptors (Lipinski definition) is 6. The monoisotopic (exact) mass is 312 g/mol. The van der Waals surface area contributed by atoms with Gasteiger partial charge >= 0.3 is 0 Å². The van der Waals surface area contributed by atoms with Gasteiger partial charge in [-0.05, 0) is 43.1 Å². The number of anilines is 2. The van der Waals surface area contributed by atoms with E-state index in [2.05, 4.69) is 15.6 Å². The zero-order chi connectivity index (χ0) is 13.9. The lowest BCUT2D eigenvalue weighted by Gasteiger charge is -2.21. The molecule has 4 N–H and O–H groups in total. The van der Waals surface area contributed by atoms with Gasteiger partial charge in [-0.25, -0.2) is 4.98 Å². The maximum Gasteiger partial charge on any atom is 0.265 e. The lowest BCUT2D eigenvalue weighted by atomic mass is 10.0. The number of thiazole rings is 1. The second-order valence-electron chi connectivity index (χ2n) is 5.42. The fourth-order valence-electron chi connectivity index (χ4n) is 2.23. The van der Waals surface area contributed by atoms with Crippen molar-refractivity contribution in [1.82, 2.24) is 10.3 Å². The Balaban J connectivity index is 1.54. The summed E-state index contributed by atoms with van der Waals surface area (Å²) < 4.78 is 0. The van der Waals surface area contributed by atoms with Crippen LogP contribution in [-0.4, -0.2) is 35.0 Å². The number of nitrogens with zero attached hydrogens (tertiary/aromatic N) is 1. The molecule has 1 saturated heterocycles. The van der Waals surface area contributed by atoms with E-state index in [0.29, 0.717) is 22.7 Å². The molecule has 0 radical (unpaired) electrons. The first-order chi connectivity index (χ1) is 9.72. The molecule has 2 fully saturated rings. The van der Waals surface area contributed by atoms with Gasteiger partial charge < -0.3 is 16.4 Å². The molecule has 0 spiro atoms. The summed E-state index contributed by atoms with van der Waals surface area (Å²) >= 11 is 3.36. The zero-order valence-electron chi connectivity index (χ0n) is 11.4. The molecule has 0 aromatic carbocycles. The second-order valence-corrected chi connectivity index (χ2v) is 7.64. The number of nitrogens with one attached hydrogen (secondary N) is 2. The smallest absolute Gasteiger partial charge is 0.265 e. The van der Waals surface area contributed by atoms with Crippen molar-refractivity contribution in [1.29, 1.82) is 0 Å². The minimum absolute atomic E-state index is 0.0814. The molecule has 7 heteroatoms. The molecular formula is C13H20N4OS2. The third-order valence-corrected chi connectivity index (χ3v) is 5.71. The van der Waals surface area contributed by atoms with Gasteiger partial charge in [0.2, 0.25) is 0 Å². The number of thioether (sulfide) groups is 1. The Bertz CT molecular complexity index is 481. The van der Waals surface area contributed by atoms with E-state index in [0.717, 1.165) is 11.7 Å². The van der Waals surface area contributed by atoms with Crippen LogP contribution in [0, 0.1) is 5.92 Å². The van der Waals surface area contributed by atoms with Gasteiger partial charge in [-0.2, -0.15) is 11.8 Å². The van der Waals surface area contributed by atoms with Crippen LogP contribution in [0.1, 0.15) is 35.4 Å². The number of nitrogen functional groups attached to an aromatic ring is 1. The molecule has 3 rings (SSSR count). The van der Waals surface area contributed by atoms with E-state index < -0.39 is 0 Å². The molecule has 0 atom stereocenters. The summed E-state index contributed by atoms with van der Waals surface area (Å²) in [7, 11) is 0. The average Bonchev–Trinajstić information content (AvgIpc) is 3.19. The summed E-state index contributed by atoms with van der Waals surface area (Å²) in [4.78, 5) is 16.9. The van der Waals surface area contributed by atoms with Crippen LogP contribution >= 0.6 is 23.1 Å². The second kappa shape index (κ2) is 6.22. The van der Waals surface area contributed by atoms with Crippen molar-refractivity contribution in [2.75, 3.05) is 29.1 Å². The normalized spacial score (nSPS) is 19.8. The fraction of sp³-hybridized carbons (Fsp3) is 0.692. The fourth-order valence-corrected chi connectivity index (χ4v) is 4.31. The molecule has 1 aromatic heterocycles. The van der Waals surface area contributed by atoms with E-state index in [1.54, 1.807) is 0 Å². The molecule has 0 bridgehead atoms. The van der Waals surface area contributed by atoms with Gasteiger partial charge in [-0.1, -0.05) is 11.3 Å². The number of nitrogens with two attached hydrogens (primary N) is 1. The first-order valence-corrected chi connectivity index (χ1v) is 9.08. The van der Waals surface area contributed by atoms with Gasteiger partial charge in [0.1, 0.15) is 10.7 Å². The highest BCUT2D eigenvalue weighted by Crippen LogP contribution is 2.30. The number of carbonyl (C=O) groups is 1. The van der Waals surface area contributed by atoms with Crippen molar-refractivity contribution >= 4 is 40.0 Å². The number of aromatic nitrogens is 1. The molecule has 110 valence electrons. The van der Waals surface area contributed by atoms with Crippen molar-refractivity contribution in [3.63, 3.8) is 0 Å². The summed E-state index contributed by atoms with van der Waals surface area (Å²) in [6.07, 6.45) is 4.75. The van der Waals surface area contributed by atoms with Gasteiger partial charge in [-0.3, -0.25) is 4.79 Å². The van der Waals surface area contributed by atoms with Crippen molar-refractivity contribution in [3.8, 4) is 0 Å². The third kappa shape index (κ3) is 3.58. The summed E-state index contributed by atoms with van der Waals surface area (Å²) in [5.74, 6) is 3.28. The lowest BCUT2D eigenvalue weighted by Crippen LogP contribution is -2.30. The van der Waals surface area contributed by atoms with E-state index in [-0.39, 0.29) is 5.91 Å². The van der Waals surface area contributed by atoms with Gasteiger partial charge in [0.25, 0.3) is 5.91 Å². The van der Waals surface area contributed by atoms with Gasteiger partial charge in [-0.15, -0.1) is 0 Å². The standard InChI is InChI=1S/C13H20N4OS2/c14-11-10(20-13(17-11)16-9-1-2-9)12(18)15-7-8-3-5-19-6-4-8/h8-9H,1-7,14H2,(H,15,18)(H,16,17). The number of hydrogen-bond donors (Lipinski definition) is 3. The maximum absolute atomic E-state index is 12.2. The summed E-state index contributed by atoms with van der Waals surface area (Å²) in [6, 6.07) is 0.524. The predicted molar refractivity (Wildman–Crippen MR) is 85.6 cm³/mol. The zero-order valence-corrected chi connectivity index (χ0v) is 13.0. The SMILES string of the molecule is Nc1nc(NC2CC2)sc1C(=O)NCC1CCSCC1. The molecule has 1 saturated carbocycles. The molecule has 2 heterocycles. The van der Waals surface area contributed by atoms with Crippen LogP contribution in [0.5, 0.6) is 0 Å². The molecule has 5 nitrogen and oxygen atoms in total. The van der Waals surface area contributed by atoms with E-state index >= 15 is 0 Å². The first-order valence-electron chi connectivity index (χ1n) is 7.11. The number of amides is 1. The Morgan fingerprint density at radius 1 is 1.30 bits per heavy atom. The molecule has 1 aliphatic heterocycles. The van der Waals surface area contributed by atoms with Gasteiger partial charge in [0.05, 0.1) is 0 Å². The average molecular weight is 312 g/mol. The van der Waals surface area contributed by atoms with E-state index in [9.17, 15) is 4.79 Å². The molecule has 1 aliphatic carbocycles. The Labute approximate surface area is 127 Å². The lowest BCUT2D eigenvalue weighted by molar-refractivity contribution is 0.0951. The molecule has 20 heavy (non-hydrogen) atoms. The molecule has 2 aliphatic rings. The third-order valence-electron chi connectivity index (χ3n) is 3.66. The van der Waals surface area contributed by atoms with Gasteiger partial charge in [0, 0.05) is 12.6 Å². The molecule has 1 aromatic rings. The predicted octanol–water partition coefficient (Wildman–Crippen LogP) is 2.17. The van der Waals surface area contributed by atoms with E-state index in [4.69, 9.17) is 5.73 Å². The van der Waals surface area contributed by atoms with Crippen molar-refractivity contribution in [2.24, 2.45) is 5.92 Å². The van der Waals surface area contributed by atoms with Crippen LogP contribution in [0.15, 0.2) is 0 Å². The Kier molecular flexibility index (Phi) is 4.35. The Hall–Kier alpha value is -0.950. The minimum Gasteiger partial charge on any atom is -0.382 e. The van der Waals surface area contributed by atoms with Crippen LogP contribution in [-0.2, 0) is 0 Å². The van der Waals surface area contributed by atoms with Crippen molar-refractivity contribution in [3.05, 3.63) is 4.88 Å². The molecule has 1 amide bonds. The summed E-state index contributed by atoms with van der Waals surface area (Å²) in [6.45, 7) is 0.752. The summed E-state index contributed by atoms with van der Waals surface area (Å²) in [5, 5.41) is 7.06.